The molecule has 11 unspecified atom stereocenters. The van der Waals surface area contributed by atoms with Gasteiger partial charge in [-0.25, -0.2) is 0 Å². The van der Waals surface area contributed by atoms with Gasteiger partial charge in [0.05, 0.1) is 234 Å². The smallest absolute Gasteiger partial charge is 0.116 e. The van der Waals surface area contributed by atoms with Gasteiger partial charge in [-0.05, 0) is 70.6 Å². The van der Waals surface area contributed by atoms with Gasteiger partial charge < -0.3 is 242 Å². The third-order valence-electron chi connectivity index (χ3n) is 25.4. The van der Waals surface area contributed by atoms with E-state index >= 15 is 0 Å². The van der Waals surface area contributed by atoms with E-state index in [0.717, 1.165) is 178 Å². The predicted octanol–water partition coefficient (Wildman–Crippen LogP) is -26.1. The fraction of sp³-hybridized carbons (Fsp3) is 1.00. The van der Waals surface area contributed by atoms with Gasteiger partial charge in [-0.2, -0.15) is 0 Å². The van der Waals surface area contributed by atoms with Gasteiger partial charge >= 0.3 is 0 Å². The number of halogens is 11. The van der Waals surface area contributed by atoms with E-state index in [-0.39, 0.29) is 188 Å². The highest BCUT2D eigenvalue weighted by Gasteiger charge is 2.36. The molecule has 0 aliphatic heterocycles. The molecule has 0 aromatic rings. The maximum Gasteiger partial charge on any atom is 0.116 e. The molecule has 0 aliphatic carbocycles. The van der Waals surface area contributed by atoms with Crippen molar-refractivity contribution >= 4 is 0 Å². The van der Waals surface area contributed by atoms with Gasteiger partial charge in [0.25, 0.3) is 0 Å². The number of likely N-dealkylation sites (N-methyl/N-ethyl adjacent to an activating group) is 11. The summed E-state index contributed by atoms with van der Waals surface area (Å²) in [7, 11) is 47.8. The molecule has 40 heteroatoms. The molecule has 0 aromatic heterocycles. The van der Waals surface area contributed by atoms with Crippen LogP contribution >= 0.6 is 0 Å². The SMILES string of the molecule is C.C.C.C.C.C.C.CCC[N+](C)(C)CC(O)CN(CCN(CC(O)C[N+](C)(C)CCC)CC(O)C[N+](C)(C)CCC)CCN(CC(O)C[N+](C)(C)CCC)CC(O)C[N+](C)(C)CCC.CCC[N+](C)(C)CC(O)CN(CCN(CC(O)C[N+](C)(C)CCC)CC(O)C[N+](C)(C)CCC)CCN(CC(O)C[N+](C)(C)CCC)CN(CC(O)C[N+](C)(C)CCC)CC(O)C[N+](C)(C)CCC.[Cl-].[Cl-].[Cl-].[Cl-].[Cl-].[Cl-].[Cl-].[Cl-].[Cl-].[Cl-].[Cl-]. The normalized spacial score (nSPS) is 14.4. The Morgan fingerprint density at radius 1 is 0.139 bits per heavy atom. The molecule has 0 radical (unpaired) electrons. The zero-order valence-electron chi connectivity index (χ0n) is 94.0. The lowest BCUT2D eigenvalue weighted by molar-refractivity contribution is -0.893. The zero-order chi connectivity index (χ0) is 97.4. The maximum atomic E-state index is 11.9. The fourth-order valence-electron chi connectivity index (χ4n) is 21.0. The second kappa shape index (κ2) is 98.2. The highest BCUT2D eigenvalue weighted by atomic mass is 35.5. The lowest BCUT2D eigenvalue weighted by Gasteiger charge is -2.39. The second-order valence-corrected chi connectivity index (χ2v) is 47.1. The van der Waals surface area contributed by atoms with Gasteiger partial charge in [0.2, 0.25) is 0 Å². The summed E-state index contributed by atoms with van der Waals surface area (Å²) in [5.41, 5.74) is 0. The molecule has 0 rings (SSSR count). The Bertz CT molecular complexity index is 2540. The Labute approximate surface area is 965 Å². The van der Waals surface area contributed by atoms with Crippen molar-refractivity contribution in [1.29, 1.82) is 0 Å². The van der Waals surface area contributed by atoms with Gasteiger partial charge in [-0.15, -0.1) is 0 Å². The standard InChI is InChI=1S/C53H124N10O6.C44H103N8O5.7CH4.11ClH/c1-19-29-58(7,8)41-48(64)35-54(25-27-55(36-49(65)42-59(9,10)30-20-2)37-50(66)43-60(11,12)31-21-3)26-28-56(38-51(67)44-61(13,14)32-22-4)47-57(39-52(68)45-62(15,16)33-23-5)40-53(69)46-63(17,18)34-24-6;1-16-25-48(6,7)35-40(53)30-45(21-23-46(31-41(54)36-49(8,9)26-17-2)32-42(55)37-50(10,11)27-18-3)22-24-47(33-43(56)38-51(12,13)28-19-4)34-44(57)39-52(14,15)29-20-5;;;;;;;;;;;;;;;;;;/h48-53,64-69H,19-47H2,1-18H3;40-44,53-57H,16-39H2,1-15H3;7*1H4;11*1H/q+6;+5;;;;;;;;;;;;;;;;;;/p-11. The van der Waals surface area contributed by atoms with Crippen molar-refractivity contribution < 1.29 is 242 Å². The number of quaternary nitrogens is 11. The monoisotopic (exact) mass is 2320 g/mol. The minimum absolute atomic E-state index is 0. The molecule has 0 bridgehead atoms. The molecule has 29 nitrogen and oxygen atoms in total. The Morgan fingerprint density at radius 3 is 0.333 bits per heavy atom. The van der Waals surface area contributed by atoms with Crippen molar-refractivity contribution in [3.05, 3.63) is 0 Å². The van der Waals surface area contributed by atoms with Crippen LogP contribution < -0.4 is 136 Å². The first kappa shape index (κ1) is 193. The molecule has 0 spiro atoms. The molecular formula is C104H255Cl11N18O11. The maximum absolute atomic E-state index is 11.9. The van der Waals surface area contributed by atoms with Gasteiger partial charge in [-0.3, -0.25) is 34.3 Å². The zero-order valence-corrected chi connectivity index (χ0v) is 102. The third kappa shape index (κ3) is 103. The van der Waals surface area contributed by atoms with E-state index in [9.17, 15) is 56.2 Å². The average molecular weight is 2320 g/mol. The molecule has 0 saturated heterocycles. The summed E-state index contributed by atoms with van der Waals surface area (Å²) in [5.74, 6) is 0. The van der Waals surface area contributed by atoms with E-state index in [2.05, 4.69) is 266 Å². The topological polar surface area (TPSA) is 245 Å². The summed E-state index contributed by atoms with van der Waals surface area (Å²) < 4.78 is 8.03. The summed E-state index contributed by atoms with van der Waals surface area (Å²) in [6.07, 6.45) is 5.24. The number of aliphatic hydroxyl groups excluding tert-OH is 11. The summed E-state index contributed by atoms with van der Waals surface area (Å²) >= 11 is 0. The van der Waals surface area contributed by atoms with Gasteiger partial charge in [0, 0.05) is 124 Å². The lowest BCUT2D eigenvalue weighted by atomic mass is 10.2. The van der Waals surface area contributed by atoms with E-state index < -0.39 is 67.1 Å². The summed E-state index contributed by atoms with van der Waals surface area (Å²) in [6.45, 7) is 52.2. The van der Waals surface area contributed by atoms with Crippen LogP contribution in [0.5, 0.6) is 0 Å². The highest BCUT2D eigenvalue weighted by molar-refractivity contribution is 4.80. The van der Waals surface area contributed by atoms with Crippen molar-refractivity contribution in [2.75, 3.05) is 430 Å². The third-order valence-corrected chi connectivity index (χ3v) is 25.4. The second-order valence-electron chi connectivity index (χ2n) is 47.1. The lowest BCUT2D eigenvalue weighted by Crippen LogP contribution is -3.00. The number of rotatable bonds is 80. The first-order valence-electron chi connectivity index (χ1n) is 50.5. The number of hydrogen-bond acceptors (Lipinski definition) is 18. The van der Waals surface area contributed by atoms with Gasteiger partial charge in [0.1, 0.15) is 139 Å². The van der Waals surface area contributed by atoms with Crippen LogP contribution in [0.4, 0.5) is 0 Å². The van der Waals surface area contributed by atoms with E-state index in [4.69, 9.17) is 0 Å². The number of nitrogens with zero attached hydrogens (tertiary/aromatic N) is 18. The molecular weight excluding hydrogens is 2070 g/mol. The van der Waals surface area contributed by atoms with Crippen molar-refractivity contribution in [3.63, 3.8) is 0 Å². The van der Waals surface area contributed by atoms with Crippen LogP contribution in [0.1, 0.15) is 199 Å². The van der Waals surface area contributed by atoms with Crippen LogP contribution in [-0.2, 0) is 0 Å². The Morgan fingerprint density at radius 2 is 0.222 bits per heavy atom. The highest BCUT2D eigenvalue weighted by Crippen LogP contribution is 2.18. The predicted molar refractivity (Wildman–Crippen MR) is 577 cm³/mol. The van der Waals surface area contributed by atoms with E-state index in [1.807, 2.05) is 0 Å². The molecule has 0 saturated carbocycles. The Hall–Kier alpha value is 2.03. The number of aliphatic hydroxyl groups is 11. The molecule has 904 valence electrons. The van der Waals surface area contributed by atoms with Crippen LogP contribution in [0.15, 0.2) is 0 Å². The number of hydrogen-bond donors (Lipinski definition) is 11. The molecule has 11 N–H and O–H groups in total. The van der Waals surface area contributed by atoms with Crippen LogP contribution in [0.2, 0.25) is 0 Å². The van der Waals surface area contributed by atoms with E-state index in [0.29, 0.717) is 216 Å². The molecule has 0 fully saturated rings. The largest absolute Gasteiger partial charge is 1.00 e. The molecule has 0 aliphatic rings. The van der Waals surface area contributed by atoms with Crippen LogP contribution in [0.3, 0.4) is 0 Å². The molecule has 11 atom stereocenters. The van der Waals surface area contributed by atoms with E-state index in [1.54, 1.807) is 0 Å². The van der Waals surface area contributed by atoms with E-state index in [1.165, 1.54) is 0 Å². The Kier molecular flexibility index (Phi) is 132. The molecule has 0 aromatic carbocycles. The Balaban J connectivity index is -0.000000107. The summed E-state index contributed by atoms with van der Waals surface area (Å²) in [4.78, 5) is 15.9. The summed E-state index contributed by atoms with van der Waals surface area (Å²) in [6, 6.07) is 0. The fourth-order valence-corrected chi connectivity index (χ4v) is 21.0. The van der Waals surface area contributed by atoms with Crippen LogP contribution in [0, 0.1) is 0 Å². The van der Waals surface area contributed by atoms with Crippen LogP contribution in [0.25, 0.3) is 0 Å². The molecule has 144 heavy (non-hydrogen) atoms. The van der Waals surface area contributed by atoms with Crippen LogP contribution in [-0.4, -0.2) is 637 Å². The first-order valence-corrected chi connectivity index (χ1v) is 50.5. The van der Waals surface area contributed by atoms with Crippen molar-refractivity contribution in [2.45, 2.75) is 266 Å². The van der Waals surface area contributed by atoms with Crippen molar-refractivity contribution in [2.24, 2.45) is 0 Å². The summed E-state index contributed by atoms with van der Waals surface area (Å²) in [5, 5.41) is 127. The molecule has 0 heterocycles. The average Bonchev–Trinajstić information content (AvgIpc) is 0.873. The van der Waals surface area contributed by atoms with Crippen molar-refractivity contribution in [1.82, 2.24) is 34.3 Å². The quantitative estimate of drug-likeness (QED) is 0.0200. The van der Waals surface area contributed by atoms with Gasteiger partial charge in [0.15, 0.2) is 0 Å². The van der Waals surface area contributed by atoms with Crippen molar-refractivity contribution in [3.8, 4) is 0 Å². The molecule has 0 amide bonds. The minimum atomic E-state index is -0.602. The first-order chi connectivity index (χ1) is 58.0. The minimum Gasteiger partial charge on any atom is -1.00 e. The van der Waals surface area contributed by atoms with Gasteiger partial charge in [-0.1, -0.05) is 128 Å².